The Bertz CT molecular complexity index is 1290. The van der Waals surface area contributed by atoms with Crippen LogP contribution in [0.25, 0.3) is 0 Å². The first-order valence-corrected chi connectivity index (χ1v) is 11.6. The summed E-state index contributed by atoms with van der Waals surface area (Å²) < 4.78 is 16.7. The third kappa shape index (κ3) is 6.60. The number of hydrogen-bond acceptors (Lipinski definition) is 6. The number of ether oxygens (including phenoxy) is 2. The summed E-state index contributed by atoms with van der Waals surface area (Å²) in [6.07, 6.45) is 1.87. The maximum Gasteiger partial charge on any atom is 0.293 e. The summed E-state index contributed by atoms with van der Waals surface area (Å²) in [5.41, 5.74) is 3.74. The lowest BCUT2D eigenvalue weighted by Crippen LogP contribution is -2.30. The molecule has 7 heteroatoms. The zero-order valence-electron chi connectivity index (χ0n) is 20.3. The van der Waals surface area contributed by atoms with E-state index >= 15 is 0 Å². The quantitative estimate of drug-likeness (QED) is 0.290. The van der Waals surface area contributed by atoms with Gasteiger partial charge in [-0.2, -0.15) is 0 Å². The van der Waals surface area contributed by atoms with Crippen LogP contribution in [0.1, 0.15) is 39.7 Å². The molecule has 0 bridgehead atoms. The second kappa shape index (κ2) is 11.8. The number of carbonyl (C=O) groups excluding carboxylic acids is 2. The van der Waals surface area contributed by atoms with Gasteiger partial charge in [-0.1, -0.05) is 53.7 Å². The molecular formula is C29H28N2O5. The molecule has 1 heterocycles. The molecule has 7 nitrogen and oxygen atoms in total. The Hall–Kier alpha value is -4.39. The van der Waals surface area contributed by atoms with Gasteiger partial charge in [-0.05, 0) is 47.9 Å². The van der Waals surface area contributed by atoms with E-state index in [4.69, 9.17) is 14.0 Å². The predicted molar refractivity (Wildman–Crippen MR) is 135 cm³/mol. The molecule has 0 aliphatic carbocycles. The molecule has 0 atom stereocenters. The molecule has 4 rings (SSSR count). The largest absolute Gasteiger partial charge is 0.496 e. The predicted octanol–water partition coefficient (Wildman–Crippen LogP) is 5.24. The number of methoxy groups -OCH3 is 1. The van der Waals surface area contributed by atoms with E-state index in [0.717, 1.165) is 22.3 Å². The molecule has 0 N–H and O–H groups in total. The lowest BCUT2D eigenvalue weighted by molar-refractivity contribution is -0.116. The number of carbonyl (C=O) groups is 2. The Labute approximate surface area is 210 Å². The van der Waals surface area contributed by atoms with Gasteiger partial charge >= 0.3 is 0 Å². The van der Waals surface area contributed by atoms with Crippen molar-refractivity contribution in [2.24, 2.45) is 0 Å². The van der Waals surface area contributed by atoms with E-state index < -0.39 is 0 Å². The molecule has 36 heavy (non-hydrogen) atoms. The summed E-state index contributed by atoms with van der Waals surface area (Å²) in [7, 11) is 1.62. The second-order valence-corrected chi connectivity index (χ2v) is 8.48. The first-order chi connectivity index (χ1) is 17.5. The molecule has 0 saturated carbocycles. The molecule has 1 aromatic heterocycles. The average Bonchev–Trinajstić information content (AvgIpc) is 3.43. The lowest BCUT2D eigenvalue weighted by Gasteiger charge is -2.22. The van der Waals surface area contributed by atoms with Crippen molar-refractivity contribution in [1.82, 2.24) is 10.1 Å². The number of Topliss-reactive ketones (excluding diaryl/α,β-unsaturated/α-hetero) is 1. The standard InChI is InChI=1S/C29H28N2O5/c1-21(32)16-22-8-11-26(12-9-22)35-20-25-17-24(10-13-27(25)34-2)19-31(18-23-6-4-3-5-7-23)29(33)28-14-15-30-36-28/h3-15,17H,16,18-20H2,1-2H3. The Balaban J connectivity index is 1.51. The number of hydrogen-bond donors (Lipinski definition) is 0. The zero-order chi connectivity index (χ0) is 25.3. The normalized spacial score (nSPS) is 10.6. The second-order valence-electron chi connectivity index (χ2n) is 8.48. The minimum Gasteiger partial charge on any atom is -0.496 e. The summed E-state index contributed by atoms with van der Waals surface area (Å²) in [4.78, 5) is 26.2. The van der Waals surface area contributed by atoms with E-state index in [1.54, 1.807) is 25.0 Å². The van der Waals surface area contributed by atoms with Gasteiger partial charge in [-0.25, -0.2) is 0 Å². The minimum absolute atomic E-state index is 0.119. The van der Waals surface area contributed by atoms with Crippen LogP contribution in [-0.2, 0) is 30.9 Å². The van der Waals surface area contributed by atoms with Crippen molar-refractivity contribution in [2.45, 2.75) is 33.0 Å². The number of nitrogens with zero attached hydrogens (tertiary/aromatic N) is 2. The van der Waals surface area contributed by atoms with Crippen LogP contribution in [0.5, 0.6) is 11.5 Å². The molecule has 0 aliphatic rings. The van der Waals surface area contributed by atoms with Crippen molar-refractivity contribution in [3.8, 4) is 11.5 Å². The lowest BCUT2D eigenvalue weighted by atomic mass is 10.1. The highest BCUT2D eigenvalue weighted by Gasteiger charge is 2.20. The van der Waals surface area contributed by atoms with Crippen LogP contribution in [0, 0.1) is 0 Å². The molecule has 0 aliphatic heterocycles. The van der Waals surface area contributed by atoms with E-state index in [1.165, 1.54) is 6.20 Å². The summed E-state index contributed by atoms with van der Waals surface area (Å²) >= 11 is 0. The fourth-order valence-electron chi connectivity index (χ4n) is 3.90. The van der Waals surface area contributed by atoms with Crippen LogP contribution in [0.3, 0.4) is 0 Å². The fourth-order valence-corrected chi connectivity index (χ4v) is 3.90. The third-order valence-electron chi connectivity index (χ3n) is 5.64. The van der Waals surface area contributed by atoms with Gasteiger partial charge in [-0.3, -0.25) is 9.59 Å². The summed E-state index contributed by atoms with van der Waals surface area (Å²) in [6, 6.07) is 24.6. The smallest absolute Gasteiger partial charge is 0.293 e. The van der Waals surface area contributed by atoms with E-state index in [2.05, 4.69) is 5.16 Å². The summed E-state index contributed by atoms with van der Waals surface area (Å²) in [5, 5.41) is 3.68. The molecule has 184 valence electrons. The molecule has 1 amide bonds. The Morgan fingerprint density at radius 3 is 2.28 bits per heavy atom. The van der Waals surface area contributed by atoms with Crippen LogP contribution in [0.2, 0.25) is 0 Å². The number of ketones is 1. The highest BCUT2D eigenvalue weighted by Crippen LogP contribution is 2.24. The Morgan fingerprint density at radius 2 is 1.61 bits per heavy atom. The average molecular weight is 485 g/mol. The molecule has 0 unspecified atom stereocenters. The van der Waals surface area contributed by atoms with Gasteiger partial charge in [0.25, 0.3) is 5.91 Å². The van der Waals surface area contributed by atoms with Crippen LogP contribution in [-0.4, -0.2) is 28.9 Å². The van der Waals surface area contributed by atoms with Gasteiger partial charge in [0.2, 0.25) is 5.76 Å². The molecule has 4 aromatic rings. The van der Waals surface area contributed by atoms with Crippen molar-refractivity contribution in [2.75, 3.05) is 7.11 Å². The van der Waals surface area contributed by atoms with Crippen LogP contribution >= 0.6 is 0 Å². The van der Waals surface area contributed by atoms with Crippen molar-refractivity contribution >= 4 is 11.7 Å². The highest BCUT2D eigenvalue weighted by atomic mass is 16.5. The number of rotatable bonds is 11. The number of amides is 1. The van der Waals surface area contributed by atoms with Crippen molar-refractivity contribution < 1.29 is 23.6 Å². The first kappa shape index (κ1) is 24.7. The first-order valence-electron chi connectivity index (χ1n) is 11.6. The highest BCUT2D eigenvalue weighted by molar-refractivity contribution is 5.91. The van der Waals surface area contributed by atoms with Crippen molar-refractivity contribution in [3.05, 3.63) is 113 Å². The maximum absolute atomic E-state index is 13.1. The van der Waals surface area contributed by atoms with Gasteiger partial charge in [0.15, 0.2) is 0 Å². The van der Waals surface area contributed by atoms with Gasteiger partial charge in [0, 0.05) is 31.1 Å². The summed E-state index contributed by atoms with van der Waals surface area (Å²) in [5.74, 6) is 1.46. The van der Waals surface area contributed by atoms with Gasteiger partial charge in [0.1, 0.15) is 23.9 Å². The van der Waals surface area contributed by atoms with Crippen LogP contribution in [0.4, 0.5) is 0 Å². The Kier molecular flexibility index (Phi) is 8.13. The topological polar surface area (TPSA) is 81.9 Å². The Morgan fingerprint density at radius 1 is 0.889 bits per heavy atom. The maximum atomic E-state index is 13.1. The molecule has 0 saturated heterocycles. The van der Waals surface area contributed by atoms with Gasteiger partial charge in [-0.15, -0.1) is 0 Å². The summed E-state index contributed by atoms with van der Waals surface area (Å²) in [6.45, 7) is 2.65. The number of aromatic nitrogens is 1. The molecule has 0 radical (unpaired) electrons. The van der Waals surface area contributed by atoms with E-state index in [9.17, 15) is 9.59 Å². The van der Waals surface area contributed by atoms with Gasteiger partial charge < -0.3 is 18.9 Å². The van der Waals surface area contributed by atoms with Crippen molar-refractivity contribution in [3.63, 3.8) is 0 Å². The molecule has 0 spiro atoms. The van der Waals surface area contributed by atoms with Gasteiger partial charge in [0.05, 0.1) is 13.3 Å². The zero-order valence-corrected chi connectivity index (χ0v) is 20.3. The molecular weight excluding hydrogens is 456 g/mol. The SMILES string of the molecule is COc1ccc(CN(Cc2ccccc2)C(=O)c2ccno2)cc1COc1ccc(CC(C)=O)cc1. The van der Waals surface area contributed by atoms with Crippen LogP contribution < -0.4 is 9.47 Å². The monoisotopic (exact) mass is 484 g/mol. The third-order valence-corrected chi connectivity index (χ3v) is 5.64. The van der Waals surface area contributed by atoms with Crippen LogP contribution in [0.15, 0.2) is 89.6 Å². The van der Waals surface area contributed by atoms with E-state index in [-0.39, 0.29) is 24.1 Å². The number of benzene rings is 3. The van der Waals surface area contributed by atoms with E-state index in [1.807, 2.05) is 72.8 Å². The van der Waals surface area contributed by atoms with E-state index in [0.29, 0.717) is 31.0 Å². The minimum atomic E-state index is -0.240. The van der Waals surface area contributed by atoms with Crippen molar-refractivity contribution in [1.29, 1.82) is 0 Å². The molecule has 3 aromatic carbocycles. The molecule has 0 fully saturated rings. The fraction of sp³-hybridized carbons (Fsp3) is 0.207.